The third kappa shape index (κ3) is 5.31. The first kappa shape index (κ1) is 25.0. The highest BCUT2D eigenvalue weighted by Crippen LogP contribution is 2.38. The molecule has 33 heavy (non-hydrogen) atoms. The molecule has 1 aliphatic carbocycles. The van der Waals surface area contributed by atoms with Gasteiger partial charge in [-0.25, -0.2) is 13.2 Å². The summed E-state index contributed by atoms with van der Waals surface area (Å²) in [6.07, 6.45) is 3.59. The molecule has 0 aliphatic heterocycles. The lowest BCUT2D eigenvalue weighted by Crippen LogP contribution is -2.35. The van der Waals surface area contributed by atoms with Crippen LogP contribution in [0.1, 0.15) is 40.6 Å². The van der Waals surface area contributed by atoms with E-state index < -0.39 is 28.4 Å². The Hall–Kier alpha value is -2.63. The Morgan fingerprint density at radius 3 is 2.48 bits per heavy atom. The number of amides is 1. The Kier molecular flexibility index (Phi) is 7.98. The van der Waals surface area contributed by atoms with Crippen molar-refractivity contribution in [2.45, 2.75) is 37.5 Å². The zero-order valence-electron chi connectivity index (χ0n) is 19.1. The second-order valence-corrected chi connectivity index (χ2v) is 10.6. The number of hydrogen-bond donors (Lipinski definition) is 1. The zero-order valence-corrected chi connectivity index (χ0v) is 20.7. The highest BCUT2D eigenvalue weighted by molar-refractivity contribution is 7.89. The number of aryl methyl sites for hydroxylation is 1. The van der Waals surface area contributed by atoms with Crippen LogP contribution in [-0.2, 0) is 32.4 Å². The predicted molar refractivity (Wildman–Crippen MR) is 125 cm³/mol. The Balaban J connectivity index is 1.79. The quantitative estimate of drug-likeness (QED) is 0.531. The standard InChI is InChI=1S/C22H28N2O7S2/c1-5-31-22(26)20-15-8-6-7-9-18(15)32-21(20)23-19(25)13-24(2)33(27,28)14-10-11-16(29-3)17(12-14)30-4/h10-12H,5-9,13H2,1-4H3,(H,23,25). The van der Waals surface area contributed by atoms with Crippen LogP contribution in [0.4, 0.5) is 5.00 Å². The number of thiophene rings is 1. The van der Waals surface area contributed by atoms with Gasteiger partial charge in [0.25, 0.3) is 0 Å². The number of nitrogens with zero attached hydrogens (tertiary/aromatic N) is 1. The number of sulfonamides is 1. The largest absolute Gasteiger partial charge is 0.493 e. The molecule has 1 amide bonds. The average Bonchev–Trinajstić information content (AvgIpc) is 3.16. The summed E-state index contributed by atoms with van der Waals surface area (Å²) in [6, 6.07) is 4.22. The zero-order chi connectivity index (χ0) is 24.2. The SMILES string of the molecule is CCOC(=O)c1c(NC(=O)CN(C)S(=O)(=O)c2ccc(OC)c(OC)c2)sc2c1CCCC2. The Labute approximate surface area is 197 Å². The number of fused-ring (bicyclic) bond motifs is 1. The first-order valence-electron chi connectivity index (χ1n) is 10.5. The first-order valence-corrected chi connectivity index (χ1v) is 12.8. The minimum absolute atomic E-state index is 0.0331. The normalized spacial score (nSPS) is 13.4. The van der Waals surface area contributed by atoms with E-state index in [1.807, 2.05) is 0 Å². The molecule has 1 N–H and O–H groups in total. The van der Waals surface area contributed by atoms with Crippen molar-refractivity contribution in [2.75, 3.05) is 39.7 Å². The molecule has 1 aliphatic rings. The van der Waals surface area contributed by atoms with Crippen LogP contribution in [0.2, 0.25) is 0 Å². The third-order valence-electron chi connectivity index (χ3n) is 5.33. The fourth-order valence-electron chi connectivity index (χ4n) is 3.68. The first-order chi connectivity index (χ1) is 15.7. The van der Waals surface area contributed by atoms with E-state index >= 15 is 0 Å². The highest BCUT2D eigenvalue weighted by atomic mass is 32.2. The summed E-state index contributed by atoms with van der Waals surface area (Å²) in [5, 5.41) is 3.14. The van der Waals surface area contributed by atoms with Gasteiger partial charge < -0.3 is 19.5 Å². The monoisotopic (exact) mass is 496 g/mol. The number of anilines is 1. The van der Waals surface area contributed by atoms with Gasteiger partial charge >= 0.3 is 5.97 Å². The van der Waals surface area contributed by atoms with Gasteiger partial charge in [0, 0.05) is 18.0 Å². The Morgan fingerprint density at radius 1 is 1.12 bits per heavy atom. The minimum atomic E-state index is -3.97. The molecule has 0 atom stereocenters. The fourth-order valence-corrected chi connectivity index (χ4v) is 6.12. The molecule has 9 nitrogen and oxygen atoms in total. The van der Waals surface area contributed by atoms with Crippen molar-refractivity contribution < 1.29 is 32.2 Å². The van der Waals surface area contributed by atoms with Gasteiger partial charge in [-0.2, -0.15) is 4.31 Å². The number of rotatable bonds is 9. The highest BCUT2D eigenvalue weighted by Gasteiger charge is 2.29. The maximum Gasteiger partial charge on any atom is 0.341 e. The number of benzene rings is 1. The second-order valence-electron chi connectivity index (χ2n) is 7.46. The van der Waals surface area contributed by atoms with Crippen molar-refractivity contribution in [1.29, 1.82) is 0 Å². The van der Waals surface area contributed by atoms with Crippen LogP contribution in [0.5, 0.6) is 11.5 Å². The molecule has 1 heterocycles. The molecule has 0 saturated heterocycles. The lowest BCUT2D eigenvalue weighted by atomic mass is 9.95. The van der Waals surface area contributed by atoms with Crippen LogP contribution in [-0.4, -0.2) is 59.0 Å². The molecule has 2 aromatic rings. The van der Waals surface area contributed by atoms with Gasteiger partial charge in [0.2, 0.25) is 15.9 Å². The van der Waals surface area contributed by atoms with Crippen LogP contribution >= 0.6 is 11.3 Å². The molecule has 0 saturated carbocycles. The molecule has 180 valence electrons. The van der Waals surface area contributed by atoms with Crippen LogP contribution < -0.4 is 14.8 Å². The van der Waals surface area contributed by atoms with Crippen molar-refractivity contribution >= 4 is 38.2 Å². The molecule has 11 heteroatoms. The Bertz CT molecular complexity index is 1140. The number of nitrogens with one attached hydrogen (secondary N) is 1. The van der Waals surface area contributed by atoms with E-state index in [1.165, 1.54) is 50.8 Å². The maximum absolute atomic E-state index is 13.0. The topological polar surface area (TPSA) is 111 Å². The van der Waals surface area contributed by atoms with Crippen LogP contribution in [0.15, 0.2) is 23.1 Å². The molecular weight excluding hydrogens is 468 g/mol. The summed E-state index contributed by atoms with van der Waals surface area (Å²) in [4.78, 5) is 26.4. The molecule has 0 radical (unpaired) electrons. The van der Waals surface area contributed by atoms with Crippen LogP contribution in [0.3, 0.4) is 0 Å². The summed E-state index contributed by atoms with van der Waals surface area (Å²) < 4.78 is 42.4. The lowest BCUT2D eigenvalue weighted by Gasteiger charge is -2.18. The molecule has 1 aromatic heterocycles. The lowest BCUT2D eigenvalue weighted by molar-refractivity contribution is -0.116. The summed E-state index contributed by atoms with van der Waals surface area (Å²) in [5.41, 5.74) is 1.31. The van der Waals surface area contributed by atoms with Gasteiger partial charge in [-0.1, -0.05) is 0 Å². The van der Waals surface area contributed by atoms with E-state index in [0.29, 0.717) is 16.3 Å². The summed E-state index contributed by atoms with van der Waals surface area (Å²) in [5.74, 6) is -0.367. The van der Waals surface area contributed by atoms with Gasteiger partial charge in [0.05, 0.1) is 37.8 Å². The number of esters is 1. The van der Waals surface area contributed by atoms with Crippen molar-refractivity contribution in [2.24, 2.45) is 0 Å². The molecule has 0 unspecified atom stereocenters. The molecular formula is C22H28N2O7S2. The number of carbonyl (C=O) groups excluding carboxylic acids is 2. The van der Waals surface area contributed by atoms with Crippen molar-refractivity contribution in [3.8, 4) is 11.5 Å². The smallest absolute Gasteiger partial charge is 0.341 e. The van der Waals surface area contributed by atoms with E-state index in [1.54, 1.807) is 6.92 Å². The molecule has 0 spiro atoms. The number of carbonyl (C=O) groups is 2. The predicted octanol–water partition coefficient (Wildman–Crippen LogP) is 3.08. The van der Waals surface area contributed by atoms with E-state index in [0.717, 1.165) is 40.4 Å². The van der Waals surface area contributed by atoms with E-state index in [9.17, 15) is 18.0 Å². The van der Waals surface area contributed by atoms with Gasteiger partial charge in [-0.3, -0.25) is 4.79 Å². The summed E-state index contributed by atoms with van der Waals surface area (Å²) >= 11 is 1.35. The number of hydrogen-bond acceptors (Lipinski definition) is 8. The van der Waals surface area contributed by atoms with Gasteiger partial charge in [-0.15, -0.1) is 11.3 Å². The number of ether oxygens (including phenoxy) is 3. The van der Waals surface area contributed by atoms with Crippen LogP contribution in [0, 0.1) is 0 Å². The Morgan fingerprint density at radius 2 is 1.82 bits per heavy atom. The third-order valence-corrected chi connectivity index (χ3v) is 8.34. The van der Waals surface area contributed by atoms with Crippen molar-refractivity contribution in [3.05, 3.63) is 34.2 Å². The number of likely N-dealkylation sites (N-methyl/N-ethyl adjacent to an activating group) is 1. The summed E-state index contributed by atoms with van der Waals surface area (Å²) in [6.45, 7) is 1.52. The molecule has 1 aromatic carbocycles. The van der Waals surface area contributed by atoms with Gasteiger partial charge in [0.1, 0.15) is 5.00 Å². The fraction of sp³-hybridized carbons (Fsp3) is 0.455. The second kappa shape index (κ2) is 10.5. The van der Waals surface area contributed by atoms with E-state index in [2.05, 4.69) is 5.32 Å². The maximum atomic E-state index is 13.0. The molecule has 3 rings (SSSR count). The molecule has 0 fully saturated rings. The minimum Gasteiger partial charge on any atom is -0.493 e. The van der Waals surface area contributed by atoms with E-state index in [-0.39, 0.29) is 17.3 Å². The van der Waals surface area contributed by atoms with Crippen molar-refractivity contribution in [3.63, 3.8) is 0 Å². The molecule has 0 bridgehead atoms. The summed E-state index contributed by atoms with van der Waals surface area (Å²) in [7, 11) is 0.208. The average molecular weight is 497 g/mol. The number of methoxy groups -OCH3 is 2. The van der Waals surface area contributed by atoms with E-state index in [4.69, 9.17) is 14.2 Å². The van der Waals surface area contributed by atoms with Crippen LogP contribution in [0.25, 0.3) is 0 Å². The van der Waals surface area contributed by atoms with Gasteiger partial charge in [0.15, 0.2) is 11.5 Å². The van der Waals surface area contributed by atoms with Gasteiger partial charge in [-0.05, 0) is 50.3 Å². The van der Waals surface area contributed by atoms with Crippen molar-refractivity contribution in [1.82, 2.24) is 4.31 Å².